The summed E-state index contributed by atoms with van der Waals surface area (Å²) < 4.78 is 52.0. The van der Waals surface area contributed by atoms with E-state index >= 15 is 0 Å². The van der Waals surface area contributed by atoms with Crippen LogP contribution in [0.25, 0.3) is 0 Å². The zero-order valence-corrected chi connectivity index (χ0v) is 5.60. The first kappa shape index (κ1) is 8.82. The summed E-state index contributed by atoms with van der Waals surface area (Å²) in [4.78, 5) is 0. The van der Waals surface area contributed by atoms with Gasteiger partial charge in [0.25, 0.3) is 0 Å². The summed E-state index contributed by atoms with van der Waals surface area (Å²) in [6.07, 6.45) is -3.82. The Bertz CT molecular complexity index is 272. The molecule has 0 unspecified atom stereocenters. The van der Waals surface area contributed by atoms with Crippen LogP contribution in [0.3, 0.4) is 0 Å². The number of alkyl halides is 4. The van der Waals surface area contributed by atoms with Crippen molar-refractivity contribution in [2.75, 3.05) is 5.73 Å². The lowest BCUT2D eigenvalue weighted by Gasteiger charge is -2.10. The van der Waals surface area contributed by atoms with Crippen molar-refractivity contribution in [1.29, 1.82) is 0 Å². The number of anilines is 1. The first-order valence-electron chi connectivity index (χ1n) is 2.83. The summed E-state index contributed by atoms with van der Waals surface area (Å²) in [7, 11) is 0. The van der Waals surface area contributed by atoms with Crippen LogP contribution in [0.4, 0.5) is 23.4 Å². The molecule has 0 amide bonds. The minimum Gasteiger partial charge on any atom is -0.368 e. The summed E-state index contributed by atoms with van der Waals surface area (Å²) >= 11 is 0. The molecule has 0 fully saturated rings. The van der Waals surface area contributed by atoms with Crippen LogP contribution in [0.1, 0.15) is 5.69 Å². The number of nitrogens with two attached hydrogens (primary N) is 1. The van der Waals surface area contributed by atoms with Gasteiger partial charge in [-0.1, -0.05) is 5.16 Å². The van der Waals surface area contributed by atoms with Crippen LogP contribution in [0.2, 0.25) is 0 Å². The summed E-state index contributed by atoms with van der Waals surface area (Å²) in [5, 5.41) is 2.68. The van der Waals surface area contributed by atoms with Crippen LogP contribution < -0.4 is 5.73 Å². The van der Waals surface area contributed by atoms with Crippen molar-refractivity contribution >= 4 is 5.88 Å². The van der Waals surface area contributed by atoms with Crippen molar-refractivity contribution in [1.82, 2.24) is 5.16 Å². The fourth-order valence-corrected chi connectivity index (χ4v) is 0.558. The molecule has 0 aliphatic carbocycles. The first-order valence-corrected chi connectivity index (χ1v) is 2.83. The highest BCUT2D eigenvalue weighted by molar-refractivity contribution is 5.26. The van der Waals surface area contributed by atoms with Crippen molar-refractivity contribution in [3.8, 4) is 0 Å². The van der Waals surface area contributed by atoms with E-state index in [1.54, 1.807) is 0 Å². The number of halogens is 4. The van der Waals surface area contributed by atoms with E-state index in [1.165, 1.54) is 0 Å². The second kappa shape index (κ2) is 2.65. The van der Waals surface area contributed by atoms with Crippen molar-refractivity contribution < 1.29 is 22.1 Å². The lowest BCUT2D eigenvalue weighted by atomic mass is 10.2. The first-order chi connectivity index (χ1) is 5.44. The molecule has 0 saturated carbocycles. The molecule has 0 aromatic carbocycles. The standard InChI is InChI=1S/C5H4F4N2O/c6-4(7)5(8,9)2-1-3(10)12-11-2/h1,4H,10H2. The molecule has 0 bridgehead atoms. The molecule has 0 aliphatic rings. The van der Waals surface area contributed by atoms with Crippen LogP contribution >= 0.6 is 0 Å². The fraction of sp³-hybridized carbons (Fsp3) is 0.400. The molecular formula is C5H4F4N2O. The fourth-order valence-electron chi connectivity index (χ4n) is 0.558. The number of rotatable bonds is 2. The average molecular weight is 184 g/mol. The van der Waals surface area contributed by atoms with Gasteiger partial charge in [-0.15, -0.1) is 0 Å². The molecule has 1 aromatic heterocycles. The smallest absolute Gasteiger partial charge is 0.352 e. The van der Waals surface area contributed by atoms with Gasteiger partial charge >= 0.3 is 12.3 Å². The highest BCUT2D eigenvalue weighted by Gasteiger charge is 2.45. The normalized spacial score (nSPS) is 12.4. The number of aromatic nitrogens is 1. The number of nitrogen functional groups attached to an aromatic ring is 1. The van der Waals surface area contributed by atoms with Gasteiger partial charge in [0.1, 0.15) is 0 Å². The van der Waals surface area contributed by atoms with Crippen molar-refractivity contribution in [3.05, 3.63) is 11.8 Å². The van der Waals surface area contributed by atoms with Gasteiger partial charge in [0.2, 0.25) is 5.88 Å². The molecule has 3 nitrogen and oxygen atoms in total. The van der Waals surface area contributed by atoms with Crippen molar-refractivity contribution in [2.45, 2.75) is 12.3 Å². The molecular weight excluding hydrogens is 180 g/mol. The molecule has 1 aromatic rings. The quantitative estimate of drug-likeness (QED) is 0.710. The maximum Gasteiger partial charge on any atom is 0.352 e. The molecule has 2 N–H and O–H groups in total. The predicted molar refractivity (Wildman–Crippen MR) is 30.8 cm³/mol. The Balaban J connectivity index is 2.97. The van der Waals surface area contributed by atoms with Gasteiger partial charge in [0.15, 0.2) is 5.69 Å². The Hall–Kier alpha value is -1.27. The van der Waals surface area contributed by atoms with Gasteiger partial charge in [-0.05, 0) is 0 Å². The highest BCUT2D eigenvalue weighted by atomic mass is 19.3. The predicted octanol–water partition coefficient (Wildman–Crippen LogP) is 1.61. The zero-order chi connectivity index (χ0) is 9.35. The maximum absolute atomic E-state index is 12.4. The van der Waals surface area contributed by atoms with E-state index in [1.807, 2.05) is 0 Å². The second-order valence-electron chi connectivity index (χ2n) is 2.04. The van der Waals surface area contributed by atoms with E-state index in [-0.39, 0.29) is 0 Å². The van der Waals surface area contributed by atoms with Crippen LogP contribution in [0.15, 0.2) is 10.6 Å². The summed E-state index contributed by atoms with van der Waals surface area (Å²) in [5.74, 6) is -4.73. The van der Waals surface area contributed by atoms with Gasteiger partial charge in [0.05, 0.1) is 0 Å². The Morgan fingerprint density at radius 2 is 2.08 bits per heavy atom. The van der Waals surface area contributed by atoms with E-state index < -0.39 is 23.9 Å². The third-order valence-electron chi connectivity index (χ3n) is 1.14. The molecule has 0 saturated heterocycles. The molecule has 0 atom stereocenters. The summed E-state index contributed by atoms with van der Waals surface area (Å²) in [6, 6.07) is 0.562. The van der Waals surface area contributed by atoms with E-state index in [2.05, 4.69) is 9.68 Å². The van der Waals surface area contributed by atoms with Gasteiger partial charge in [-0.3, -0.25) is 0 Å². The van der Waals surface area contributed by atoms with Crippen LogP contribution in [-0.4, -0.2) is 11.6 Å². The van der Waals surface area contributed by atoms with Crippen LogP contribution in [0, 0.1) is 0 Å². The number of nitrogens with zero attached hydrogens (tertiary/aromatic N) is 1. The van der Waals surface area contributed by atoms with Crippen molar-refractivity contribution in [3.63, 3.8) is 0 Å². The Labute approximate surface area is 64.1 Å². The minimum atomic E-state index is -4.30. The van der Waals surface area contributed by atoms with E-state index in [9.17, 15) is 17.6 Å². The SMILES string of the molecule is Nc1cc(C(F)(F)C(F)F)no1. The molecule has 1 heterocycles. The number of hydrogen-bond donors (Lipinski definition) is 1. The largest absolute Gasteiger partial charge is 0.368 e. The van der Waals surface area contributed by atoms with Crippen LogP contribution in [0.5, 0.6) is 0 Å². The Morgan fingerprint density at radius 3 is 2.42 bits per heavy atom. The lowest BCUT2D eigenvalue weighted by Crippen LogP contribution is -2.23. The lowest BCUT2D eigenvalue weighted by molar-refractivity contribution is -0.139. The monoisotopic (exact) mass is 184 g/mol. The highest BCUT2D eigenvalue weighted by Crippen LogP contribution is 2.34. The van der Waals surface area contributed by atoms with Gasteiger partial charge in [-0.2, -0.15) is 8.78 Å². The topological polar surface area (TPSA) is 52.0 Å². The van der Waals surface area contributed by atoms with Gasteiger partial charge in [0, 0.05) is 6.07 Å². The number of hydrogen-bond acceptors (Lipinski definition) is 3. The molecule has 0 spiro atoms. The molecule has 0 radical (unpaired) electrons. The van der Waals surface area contributed by atoms with E-state index in [0.29, 0.717) is 6.07 Å². The molecule has 68 valence electrons. The Kier molecular flexibility index (Phi) is 1.95. The summed E-state index contributed by atoms with van der Waals surface area (Å²) in [6.45, 7) is 0. The third-order valence-corrected chi connectivity index (χ3v) is 1.14. The third kappa shape index (κ3) is 1.34. The summed E-state index contributed by atoms with van der Waals surface area (Å²) in [5.41, 5.74) is 3.71. The van der Waals surface area contributed by atoms with Gasteiger partial charge in [-0.25, -0.2) is 8.78 Å². The van der Waals surface area contributed by atoms with E-state index in [0.717, 1.165) is 0 Å². The molecule has 0 aliphatic heterocycles. The minimum absolute atomic E-state index is 0.426. The molecule has 1 rings (SSSR count). The average Bonchev–Trinajstić information content (AvgIpc) is 2.35. The maximum atomic E-state index is 12.4. The second-order valence-corrected chi connectivity index (χ2v) is 2.04. The zero-order valence-electron chi connectivity index (χ0n) is 5.60. The Morgan fingerprint density at radius 1 is 1.50 bits per heavy atom. The van der Waals surface area contributed by atoms with Crippen molar-refractivity contribution in [2.24, 2.45) is 0 Å². The van der Waals surface area contributed by atoms with E-state index in [4.69, 9.17) is 5.73 Å². The molecule has 7 heteroatoms. The molecule has 12 heavy (non-hydrogen) atoms. The van der Waals surface area contributed by atoms with Crippen LogP contribution in [-0.2, 0) is 5.92 Å². The van der Waals surface area contributed by atoms with Gasteiger partial charge < -0.3 is 10.3 Å².